The molecule has 0 radical (unpaired) electrons. The molecule has 1 nitrogen and oxygen atoms in total. The summed E-state index contributed by atoms with van der Waals surface area (Å²) in [6, 6.07) is 14.8. The predicted molar refractivity (Wildman–Crippen MR) is 94.3 cm³/mol. The highest BCUT2D eigenvalue weighted by Gasteiger charge is 2.07. The second-order valence-corrected chi connectivity index (χ2v) is 7.32. The van der Waals surface area contributed by atoms with Crippen LogP contribution in [0.3, 0.4) is 0 Å². The van der Waals surface area contributed by atoms with Crippen molar-refractivity contribution >= 4 is 34.3 Å². The minimum Gasteiger partial charge on any atom is -0.305 e. The van der Waals surface area contributed by atoms with Gasteiger partial charge in [-0.05, 0) is 47.5 Å². The molecule has 0 fully saturated rings. The Labute approximate surface area is 138 Å². The Bertz CT molecular complexity index is 703. The summed E-state index contributed by atoms with van der Waals surface area (Å²) >= 11 is 9.63. The van der Waals surface area contributed by atoms with E-state index in [0.717, 1.165) is 11.6 Å². The van der Waals surface area contributed by atoms with E-state index in [1.165, 1.54) is 20.9 Å². The first-order valence-corrected chi connectivity index (χ1v) is 8.96. The van der Waals surface area contributed by atoms with Gasteiger partial charge in [0.1, 0.15) is 0 Å². The Morgan fingerprint density at radius 3 is 2.81 bits per heavy atom. The molecule has 3 rings (SSSR count). The molecule has 1 atom stereocenters. The van der Waals surface area contributed by atoms with Crippen LogP contribution in [0.25, 0.3) is 10.4 Å². The Morgan fingerprint density at radius 1 is 1.14 bits per heavy atom. The Hall–Kier alpha value is -1.13. The molecule has 4 heteroatoms. The van der Waals surface area contributed by atoms with Gasteiger partial charge in [0.25, 0.3) is 0 Å². The lowest BCUT2D eigenvalue weighted by molar-refractivity contribution is 0.579. The van der Waals surface area contributed by atoms with E-state index < -0.39 is 0 Å². The van der Waals surface area contributed by atoms with Gasteiger partial charge in [0.05, 0.1) is 0 Å². The van der Waals surface area contributed by atoms with Crippen LogP contribution >= 0.6 is 34.3 Å². The van der Waals surface area contributed by atoms with Crippen LogP contribution in [0.2, 0.25) is 5.02 Å². The van der Waals surface area contributed by atoms with Crippen LogP contribution in [-0.2, 0) is 6.54 Å². The number of hydrogen-bond donors (Lipinski definition) is 1. The highest BCUT2D eigenvalue weighted by atomic mass is 35.5. The number of hydrogen-bond acceptors (Lipinski definition) is 3. The lowest BCUT2D eigenvalue weighted by Crippen LogP contribution is -2.17. The second-order valence-electron chi connectivity index (χ2n) is 4.94. The van der Waals surface area contributed by atoms with Crippen LogP contribution in [-0.4, -0.2) is 0 Å². The van der Waals surface area contributed by atoms with Gasteiger partial charge in [0, 0.05) is 32.9 Å². The van der Waals surface area contributed by atoms with Crippen molar-refractivity contribution in [2.24, 2.45) is 0 Å². The van der Waals surface area contributed by atoms with E-state index in [1.54, 1.807) is 22.7 Å². The van der Waals surface area contributed by atoms with Crippen LogP contribution in [0.5, 0.6) is 0 Å². The molecule has 2 aromatic heterocycles. The van der Waals surface area contributed by atoms with E-state index in [1.807, 2.05) is 18.2 Å². The van der Waals surface area contributed by atoms with Gasteiger partial charge in [-0.1, -0.05) is 29.8 Å². The fraction of sp³-hybridized carbons (Fsp3) is 0.176. The molecule has 0 saturated heterocycles. The first-order chi connectivity index (χ1) is 10.2. The third-order valence-corrected chi connectivity index (χ3v) is 5.48. The first kappa shape index (κ1) is 14.8. The van der Waals surface area contributed by atoms with Gasteiger partial charge in [-0.15, -0.1) is 22.7 Å². The van der Waals surface area contributed by atoms with Gasteiger partial charge in [0.2, 0.25) is 0 Å². The molecule has 1 N–H and O–H groups in total. The number of thiophene rings is 2. The number of nitrogens with one attached hydrogen (secondary N) is 1. The molecule has 21 heavy (non-hydrogen) atoms. The third-order valence-electron chi connectivity index (χ3n) is 3.39. The van der Waals surface area contributed by atoms with Crippen molar-refractivity contribution in [3.05, 3.63) is 68.7 Å². The van der Waals surface area contributed by atoms with Crippen LogP contribution in [0.1, 0.15) is 23.4 Å². The molecule has 3 aromatic rings. The lowest BCUT2D eigenvalue weighted by atomic mass is 10.1. The predicted octanol–water partition coefficient (Wildman–Crippen LogP) is 5.98. The molecule has 0 saturated carbocycles. The summed E-state index contributed by atoms with van der Waals surface area (Å²) in [6.45, 7) is 3.04. The van der Waals surface area contributed by atoms with Crippen molar-refractivity contribution in [2.45, 2.75) is 19.5 Å². The van der Waals surface area contributed by atoms with Gasteiger partial charge < -0.3 is 5.32 Å². The van der Waals surface area contributed by atoms with Crippen molar-refractivity contribution in [1.82, 2.24) is 5.32 Å². The smallest absolute Gasteiger partial charge is 0.0409 e. The Balaban J connectivity index is 1.63. The number of halogens is 1. The number of rotatable bonds is 5. The minimum atomic E-state index is 0.288. The van der Waals surface area contributed by atoms with E-state index in [0.29, 0.717) is 0 Å². The topological polar surface area (TPSA) is 12.0 Å². The summed E-state index contributed by atoms with van der Waals surface area (Å²) in [6.07, 6.45) is 0. The van der Waals surface area contributed by atoms with Gasteiger partial charge in [-0.25, -0.2) is 0 Å². The summed E-state index contributed by atoms with van der Waals surface area (Å²) in [7, 11) is 0. The maximum absolute atomic E-state index is 6.04. The normalized spacial score (nSPS) is 12.5. The molecule has 0 spiro atoms. The van der Waals surface area contributed by atoms with E-state index in [2.05, 4.69) is 47.3 Å². The Morgan fingerprint density at radius 2 is 2.05 bits per heavy atom. The van der Waals surface area contributed by atoms with E-state index in [9.17, 15) is 0 Å². The van der Waals surface area contributed by atoms with E-state index in [4.69, 9.17) is 11.6 Å². The second kappa shape index (κ2) is 6.75. The van der Waals surface area contributed by atoms with Crippen molar-refractivity contribution in [3.8, 4) is 10.4 Å². The van der Waals surface area contributed by atoms with E-state index in [-0.39, 0.29) is 6.04 Å². The molecule has 0 aliphatic heterocycles. The minimum absolute atomic E-state index is 0.288. The monoisotopic (exact) mass is 333 g/mol. The van der Waals surface area contributed by atoms with Crippen LogP contribution in [0.4, 0.5) is 0 Å². The molecule has 0 bridgehead atoms. The fourth-order valence-corrected chi connectivity index (χ4v) is 4.02. The first-order valence-electron chi connectivity index (χ1n) is 6.82. The quantitative estimate of drug-likeness (QED) is 0.605. The molecule has 2 heterocycles. The number of benzene rings is 1. The highest BCUT2D eigenvalue weighted by molar-refractivity contribution is 7.14. The summed E-state index contributed by atoms with van der Waals surface area (Å²) in [5.41, 5.74) is 2.54. The zero-order valence-corrected chi connectivity index (χ0v) is 14.1. The summed E-state index contributed by atoms with van der Waals surface area (Å²) < 4.78 is 0. The fourth-order valence-electron chi connectivity index (χ4n) is 2.19. The van der Waals surface area contributed by atoms with Crippen LogP contribution in [0.15, 0.2) is 53.2 Å². The molecule has 0 aliphatic carbocycles. The van der Waals surface area contributed by atoms with Crippen molar-refractivity contribution < 1.29 is 0 Å². The Kier molecular flexibility index (Phi) is 4.76. The van der Waals surface area contributed by atoms with Gasteiger partial charge in [-0.3, -0.25) is 0 Å². The van der Waals surface area contributed by atoms with Gasteiger partial charge in [0.15, 0.2) is 0 Å². The van der Waals surface area contributed by atoms with Crippen LogP contribution in [0, 0.1) is 0 Å². The zero-order valence-electron chi connectivity index (χ0n) is 11.7. The summed E-state index contributed by atoms with van der Waals surface area (Å²) in [4.78, 5) is 2.69. The van der Waals surface area contributed by atoms with Crippen molar-refractivity contribution in [1.29, 1.82) is 0 Å². The maximum Gasteiger partial charge on any atom is 0.0409 e. The van der Waals surface area contributed by atoms with Crippen LogP contribution < -0.4 is 5.32 Å². The van der Waals surface area contributed by atoms with Gasteiger partial charge in [-0.2, -0.15) is 0 Å². The maximum atomic E-state index is 6.04. The molecular weight excluding hydrogens is 318 g/mol. The largest absolute Gasteiger partial charge is 0.305 e. The SMILES string of the molecule is C[C@H](NCc1cc(-c2cccs2)cs1)c1cccc(Cl)c1. The van der Waals surface area contributed by atoms with E-state index >= 15 is 0 Å². The third kappa shape index (κ3) is 3.74. The molecule has 108 valence electrons. The lowest BCUT2D eigenvalue weighted by Gasteiger charge is -2.13. The molecular formula is C17H16ClNS2. The van der Waals surface area contributed by atoms with Gasteiger partial charge >= 0.3 is 0 Å². The average molecular weight is 334 g/mol. The molecule has 0 aliphatic rings. The average Bonchev–Trinajstić information content (AvgIpc) is 3.15. The summed E-state index contributed by atoms with van der Waals surface area (Å²) in [5, 5.41) is 8.69. The summed E-state index contributed by atoms with van der Waals surface area (Å²) in [5.74, 6) is 0. The molecule has 1 aromatic carbocycles. The van der Waals surface area contributed by atoms with Crippen molar-refractivity contribution in [3.63, 3.8) is 0 Å². The van der Waals surface area contributed by atoms with Crippen molar-refractivity contribution in [2.75, 3.05) is 0 Å². The molecule has 0 unspecified atom stereocenters. The standard InChI is InChI=1S/C17H16ClNS2/c1-12(13-4-2-5-15(18)8-13)19-10-16-9-14(11-21-16)17-6-3-7-20-17/h2-9,11-12,19H,10H2,1H3/t12-/m0/s1. The highest BCUT2D eigenvalue weighted by Crippen LogP contribution is 2.29. The zero-order chi connectivity index (χ0) is 14.7. The molecule has 0 amide bonds.